The number of ether oxygens (including phenoxy) is 4. The molecule has 1 atom stereocenters. The number of rotatable bonds is 9. The maximum absolute atomic E-state index is 12.1. The molecule has 3 aromatic rings. The van der Waals surface area contributed by atoms with E-state index in [9.17, 15) is 4.79 Å². The van der Waals surface area contributed by atoms with Crippen LogP contribution in [0.4, 0.5) is 0 Å². The van der Waals surface area contributed by atoms with Gasteiger partial charge in [0.1, 0.15) is 24.7 Å². The fraction of sp³-hybridized carbons (Fsp3) is 0.333. The van der Waals surface area contributed by atoms with Crippen LogP contribution in [0, 0.1) is 0 Å². The number of esters is 1. The summed E-state index contributed by atoms with van der Waals surface area (Å²) in [6, 6.07) is 18.1. The molecule has 0 amide bonds. The molecule has 162 valence electrons. The molecule has 4 rings (SSSR count). The van der Waals surface area contributed by atoms with Gasteiger partial charge in [-0.1, -0.05) is 35.5 Å². The molecule has 1 unspecified atom stereocenters. The lowest BCUT2D eigenvalue weighted by Crippen LogP contribution is -2.22. The number of hydrogen-bond donors (Lipinski definition) is 0. The number of aromatic nitrogens is 1. The fourth-order valence-corrected chi connectivity index (χ4v) is 3.20. The van der Waals surface area contributed by atoms with Crippen molar-refractivity contribution >= 4 is 5.97 Å². The van der Waals surface area contributed by atoms with Crippen LogP contribution in [0.2, 0.25) is 0 Å². The standard InChI is InChI=1S/C24H25NO6/c26-24(19-8-2-1-3-9-19)30-15-18-7-6-10-21(13-18)28-17-22-14-20(25-31-22)16-29-23-11-4-5-12-27-23/h1-3,6-10,13-14,23H,4-5,11-12,15-17H2. The first-order valence-electron chi connectivity index (χ1n) is 10.4. The zero-order valence-corrected chi connectivity index (χ0v) is 17.2. The zero-order valence-electron chi connectivity index (χ0n) is 17.2. The van der Waals surface area contributed by atoms with Crippen molar-refractivity contribution in [2.24, 2.45) is 0 Å². The second-order valence-electron chi connectivity index (χ2n) is 7.27. The Balaban J connectivity index is 1.23. The van der Waals surface area contributed by atoms with E-state index in [1.165, 1.54) is 0 Å². The van der Waals surface area contributed by atoms with E-state index in [0.717, 1.165) is 31.4 Å². The van der Waals surface area contributed by atoms with Crippen LogP contribution in [0.25, 0.3) is 0 Å². The van der Waals surface area contributed by atoms with Crippen LogP contribution in [0.5, 0.6) is 5.75 Å². The average molecular weight is 423 g/mol. The largest absolute Gasteiger partial charge is 0.486 e. The van der Waals surface area contributed by atoms with Crippen molar-refractivity contribution in [3.63, 3.8) is 0 Å². The summed E-state index contributed by atoms with van der Waals surface area (Å²) in [6.45, 7) is 1.49. The van der Waals surface area contributed by atoms with Crippen molar-refractivity contribution in [2.45, 2.75) is 45.4 Å². The molecule has 7 nitrogen and oxygen atoms in total. The lowest BCUT2D eigenvalue weighted by molar-refractivity contribution is -0.169. The third-order valence-electron chi connectivity index (χ3n) is 4.82. The zero-order chi connectivity index (χ0) is 21.3. The quantitative estimate of drug-likeness (QED) is 0.463. The van der Waals surface area contributed by atoms with Gasteiger partial charge in [0.15, 0.2) is 12.1 Å². The van der Waals surface area contributed by atoms with E-state index in [-0.39, 0.29) is 25.5 Å². The van der Waals surface area contributed by atoms with E-state index in [1.54, 1.807) is 24.3 Å². The minimum absolute atomic E-state index is 0.163. The summed E-state index contributed by atoms with van der Waals surface area (Å²) < 4.78 is 27.7. The molecule has 0 saturated carbocycles. The lowest BCUT2D eigenvalue weighted by atomic mass is 10.2. The Kier molecular flexibility index (Phi) is 7.31. The van der Waals surface area contributed by atoms with Crippen LogP contribution in [-0.4, -0.2) is 24.0 Å². The van der Waals surface area contributed by atoms with Crippen LogP contribution in [0.15, 0.2) is 65.2 Å². The molecule has 1 aliphatic heterocycles. The Morgan fingerprint density at radius 2 is 1.90 bits per heavy atom. The van der Waals surface area contributed by atoms with Gasteiger partial charge in [0.2, 0.25) is 0 Å². The van der Waals surface area contributed by atoms with Gasteiger partial charge in [0.05, 0.1) is 12.2 Å². The Labute approximate surface area is 180 Å². The summed E-state index contributed by atoms with van der Waals surface area (Å²) in [5, 5.41) is 4.02. The third-order valence-corrected chi connectivity index (χ3v) is 4.82. The predicted molar refractivity (Wildman–Crippen MR) is 111 cm³/mol. The highest BCUT2D eigenvalue weighted by Gasteiger charge is 2.15. The predicted octanol–water partition coefficient (Wildman–Crippen LogP) is 4.65. The molecule has 0 radical (unpaired) electrons. The molecule has 1 aliphatic rings. The topological polar surface area (TPSA) is 80.0 Å². The molecule has 0 aliphatic carbocycles. The number of benzene rings is 2. The van der Waals surface area contributed by atoms with Gasteiger partial charge in [-0.25, -0.2) is 4.79 Å². The Morgan fingerprint density at radius 3 is 2.74 bits per heavy atom. The van der Waals surface area contributed by atoms with Crippen molar-refractivity contribution < 1.29 is 28.3 Å². The summed E-state index contributed by atoms with van der Waals surface area (Å²) in [5.74, 6) is 0.893. The number of carbonyl (C=O) groups is 1. The van der Waals surface area contributed by atoms with E-state index in [0.29, 0.717) is 29.4 Å². The van der Waals surface area contributed by atoms with Crippen molar-refractivity contribution in [3.05, 3.63) is 83.2 Å². The third kappa shape index (κ3) is 6.41. The molecular weight excluding hydrogens is 398 g/mol. The van der Waals surface area contributed by atoms with Crippen LogP contribution in [0.3, 0.4) is 0 Å². The van der Waals surface area contributed by atoms with Crippen LogP contribution in [0.1, 0.15) is 46.6 Å². The van der Waals surface area contributed by atoms with Crippen molar-refractivity contribution in [3.8, 4) is 5.75 Å². The van der Waals surface area contributed by atoms with Gasteiger partial charge in [-0.05, 0) is 49.1 Å². The number of carbonyl (C=O) groups excluding carboxylic acids is 1. The molecule has 1 saturated heterocycles. The smallest absolute Gasteiger partial charge is 0.338 e. The molecular formula is C24H25NO6. The molecule has 0 spiro atoms. The Hall–Kier alpha value is -3.16. The average Bonchev–Trinajstić information content (AvgIpc) is 3.29. The molecule has 0 N–H and O–H groups in total. The SMILES string of the molecule is O=C(OCc1cccc(OCc2cc(COC3CCCCO3)no2)c1)c1ccccc1. The number of nitrogens with zero attached hydrogens (tertiary/aromatic N) is 1. The first kappa shape index (κ1) is 21.1. The van der Waals surface area contributed by atoms with Gasteiger partial charge in [-0.3, -0.25) is 0 Å². The van der Waals surface area contributed by atoms with Crippen molar-refractivity contribution in [1.82, 2.24) is 5.16 Å². The summed E-state index contributed by atoms with van der Waals surface area (Å²) in [6.07, 6.45) is 2.95. The second-order valence-corrected chi connectivity index (χ2v) is 7.27. The minimum Gasteiger partial charge on any atom is -0.486 e. The van der Waals surface area contributed by atoms with Gasteiger partial charge >= 0.3 is 5.97 Å². The molecule has 1 aromatic heterocycles. The maximum Gasteiger partial charge on any atom is 0.338 e. The first-order valence-corrected chi connectivity index (χ1v) is 10.4. The van der Waals surface area contributed by atoms with Gasteiger partial charge in [0.25, 0.3) is 0 Å². The fourth-order valence-electron chi connectivity index (χ4n) is 3.20. The normalized spacial score (nSPS) is 16.1. The van der Waals surface area contributed by atoms with Gasteiger partial charge in [0, 0.05) is 12.7 Å². The van der Waals surface area contributed by atoms with E-state index in [1.807, 2.05) is 36.4 Å². The van der Waals surface area contributed by atoms with Crippen LogP contribution < -0.4 is 4.74 Å². The lowest BCUT2D eigenvalue weighted by Gasteiger charge is -2.21. The summed E-state index contributed by atoms with van der Waals surface area (Å²) in [4.78, 5) is 12.1. The Morgan fingerprint density at radius 1 is 1.00 bits per heavy atom. The van der Waals surface area contributed by atoms with Crippen LogP contribution >= 0.6 is 0 Å². The molecule has 0 bridgehead atoms. The highest BCUT2D eigenvalue weighted by Crippen LogP contribution is 2.18. The maximum atomic E-state index is 12.1. The van der Waals surface area contributed by atoms with Gasteiger partial charge < -0.3 is 23.5 Å². The van der Waals surface area contributed by atoms with Gasteiger partial charge in [-0.2, -0.15) is 0 Å². The second kappa shape index (κ2) is 10.7. The van der Waals surface area contributed by atoms with Crippen molar-refractivity contribution in [1.29, 1.82) is 0 Å². The molecule has 7 heteroatoms. The van der Waals surface area contributed by atoms with E-state index >= 15 is 0 Å². The van der Waals surface area contributed by atoms with E-state index in [2.05, 4.69) is 5.16 Å². The first-order chi connectivity index (χ1) is 15.3. The summed E-state index contributed by atoms with van der Waals surface area (Å²) >= 11 is 0. The summed E-state index contributed by atoms with van der Waals surface area (Å²) in [7, 11) is 0. The summed E-state index contributed by atoms with van der Waals surface area (Å²) in [5.41, 5.74) is 2.06. The van der Waals surface area contributed by atoms with Gasteiger partial charge in [-0.15, -0.1) is 0 Å². The minimum atomic E-state index is -0.359. The molecule has 31 heavy (non-hydrogen) atoms. The monoisotopic (exact) mass is 423 g/mol. The van der Waals surface area contributed by atoms with Crippen molar-refractivity contribution in [2.75, 3.05) is 6.61 Å². The highest BCUT2D eigenvalue weighted by molar-refractivity contribution is 5.89. The number of hydrogen-bond acceptors (Lipinski definition) is 7. The molecule has 2 aromatic carbocycles. The molecule has 2 heterocycles. The van der Waals surface area contributed by atoms with Crippen LogP contribution in [-0.2, 0) is 34.0 Å². The van der Waals surface area contributed by atoms with E-state index < -0.39 is 0 Å². The Bertz CT molecular complexity index is 965. The highest BCUT2D eigenvalue weighted by atomic mass is 16.7. The van der Waals surface area contributed by atoms with E-state index in [4.69, 9.17) is 23.5 Å². The molecule has 1 fully saturated rings.